The van der Waals surface area contributed by atoms with Gasteiger partial charge < -0.3 is 9.64 Å². The highest BCUT2D eigenvalue weighted by atomic mass is 32.2. The Morgan fingerprint density at radius 1 is 1.00 bits per heavy atom. The van der Waals surface area contributed by atoms with Gasteiger partial charge in [0, 0.05) is 18.8 Å². The molecule has 0 bridgehead atoms. The minimum atomic E-state index is -3.86. The van der Waals surface area contributed by atoms with Gasteiger partial charge in [0.2, 0.25) is 0 Å². The molecule has 3 aromatic carbocycles. The highest BCUT2D eigenvalue weighted by Crippen LogP contribution is 2.32. The molecule has 0 fully saturated rings. The van der Waals surface area contributed by atoms with E-state index in [1.807, 2.05) is 37.3 Å². The highest BCUT2D eigenvalue weighted by molar-refractivity contribution is 7.92. The van der Waals surface area contributed by atoms with Crippen molar-refractivity contribution in [2.24, 2.45) is 0 Å². The van der Waals surface area contributed by atoms with Crippen LogP contribution in [0.1, 0.15) is 29.8 Å². The zero-order chi connectivity index (χ0) is 24.3. The molecule has 7 nitrogen and oxygen atoms in total. The zero-order valence-electron chi connectivity index (χ0n) is 19.0. The molecule has 0 aliphatic carbocycles. The number of benzene rings is 3. The average molecular weight is 479 g/mol. The zero-order valence-corrected chi connectivity index (χ0v) is 19.9. The van der Waals surface area contributed by atoms with Crippen molar-refractivity contribution in [3.8, 4) is 0 Å². The molecule has 3 aromatic rings. The first kappa shape index (κ1) is 23.5. The third-order valence-electron chi connectivity index (χ3n) is 5.78. The number of para-hydroxylation sites is 2. The molecule has 0 unspecified atom stereocenters. The first-order valence-corrected chi connectivity index (χ1v) is 12.5. The van der Waals surface area contributed by atoms with Crippen LogP contribution in [-0.4, -0.2) is 39.5 Å². The summed E-state index contributed by atoms with van der Waals surface area (Å²) in [5, 5.41) is 0. The van der Waals surface area contributed by atoms with E-state index < -0.39 is 22.1 Å². The summed E-state index contributed by atoms with van der Waals surface area (Å²) < 4.78 is 33.4. The second-order valence-electron chi connectivity index (χ2n) is 7.95. The van der Waals surface area contributed by atoms with Crippen molar-refractivity contribution in [2.75, 3.05) is 22.3 Å². The number of amides is 1. The summed E-state index contributed by atoms with van der Waals surface area (Å²) >= 11 is 0. The monoisotopic (exact) mass is 478 g/mol. The number of hydrogen-bond donors (Lipinski definition) is 0. The first-order valence-electron chi connectivity index (χ1n) is 11.1. The number of likely N-dealkylation sites (N-methyl/N-ethyl adjacent to an activating group) is 1. The van der Waals surface area contributed by atoms with Gasteiger partial charge in [0.1, 0.15) is 0 Å². The minimum Gasteiger partial charge on any atom is -0.449 e. The van der Waals surface area contributed by atoms with Gasteiger partial charge in [-0.3, -0.25) is 9.10 Å². The molecule has 1 aliphatic rings. The Labute approximate surface area is 199 Å². The van der Waals surface area contributed by atoms with Crippen molar-refractivity contribution in [3.63, 3.8) is 0 Å². The van der Waals surface area contributed by atoms with Gasteiger partial charge >= 0.3 is 5.97 Å². The second-order valence-corrected chi connectivity index (χ2v) is 9.81. The predicted octanol–water partition coefficient (Wildman–Crippen LogP) is 4.04. The summed E-state index contributed by atoms with van der Waals surface area (Å²) in [7, 11) is -3.86. The van der Waals surface area contributed by atoms with Crippen molar-refractivity contribution in [1.29, 1.82) is 0 Å². The molecule has 1 amide bonds. The standard InChI is InChI=1S/C26H26N2O5S/c1-3-27(22-12-5-4-6-13-22)25(29)19(2)33-26(30)21-11-9-14-23(18-21)34(31,32)28-17-16-20-10-7-8-15-24(20)28/h4-15,18-19H,3,16-17H2,1-2H3/t19-/m1/s1. The van der Waals surface area contributed by atoms with Crippen LogP contribution in [0.25, 0.3) is 0 Å². The van der Waals surface area contributed by atoms with E-state index in [9.17, 15) is 18.0 Å². The summed E-state index contributed by atoms with van der Waals surface area (Å²) in [6.45, 7) is 4.10. The molecule has 1 aliphatic heterocycles. The maximum Gasteiger partial charge on any atom is 0.338 e. The van der Waals surface area contributed by atoms with Gasteiger partial charge in [-0.1, -0.05) is 42.5 Å². The summed E-state index contributed by atoms with van der Waals surface area (Å²) in [4.78, 5) is 27.2. The fraction of sp³-hybridized carbons (Fsp3) is 0.231. The van der Waals surface area contributed by atoms with Crippen LogP contribution in [0.4, 0.5) is 11.4 Å². The van der Waals surface area contributed by atoms with Crippen LogP contribution < -0.4 is 9.21 Å². The van der Waals surface area contributed by atoms with Crippen molar-refractivity contribution < 1.29 is 22.7 Å². The molecular formula is C26H26N2O5S. The summed E-state index contributed by atoms with van der Waals surface area (Å²) in [5.41, 5.74) is 2.39. The number of fused-ring (bicyclic) bond motifs is 1. The number of carbonyl (C=O) groups is 2. The minimum absolute atomic E-state index is 0.00268. The number of esters is 1. The third kappa shape index (κ3) is 4.54. The van der Waals surface area contributed by atoms with Crippen molar-refractivity contribution in [2.45, 2.75) is 31.3 Å². The molecule has 34 heavy (non-hydrogen) atoms. The predicted molar refractivity (Wildman–Crippen MR) is 130 cm³/mol. The molecule has 176 valence electrons. The molecule has 0 N–H and O–H groups in total. The van der Waals surface area contributed by atoms with E-state index in [-0.39, 0.29) is 16.4 Å². The number of ether oxygens (including phenoxy) is 1. The maximum atomic E-state index is 13.3. The molecule has 0 radical (unpaired) electrons. The van der Waals surface area contributed by atoms with Crippen LogP contribution in [0.3, 0.4) is 0 Å². The van der Waals surface area contributed by atoms with E-state index in [0.717, 1.165) is 5.56 Å². The molecule has 0 saturated carbocycles. The van der Waals surface area contributed by atoms with Crippen LogP contribution in [0, 0.1) is 0 Å². The average Bonchev–Trinajstić information content (AvgIpc) is 3.30. The number of sulfonamides is 1. The Hall–Kier alpha value is -3.65. The van der Waals surface area contributed by atoms with E-state index in [0.29, 0.717) is 30.9 Å². The summed E-state index contributed by atoms with van der Waals surface area (Å²) in [6, 6.07) is 22.2. The lowest BCUT2D eigenvalue weighted by atomic mass is 10.2. The largest absolute Gasteiger partial charge is 0.449 e. The lowest BCUT2D eigenvalue weighted by molar-refractivity contribution is -0.126. The van der Waals surface area contributed by atoms with Gasteiger partial charge in [0.05, 0.1) is 16.1 Å². The number of carbonyl (C=O) groups excluding carboxylic acids is 2. The molecule has 8 heteroatoms. The van der Waals surface area contributed by atoms with Crippen LogP contribution >= 0.6 is 0 Å². The van der Waals surface area contributed by atoms with Crippen LogP contribution in [0.15, 0.2) is 83.8 Å². The fourth-order valence-electron chi connectivity index (χ4n) is 4.04. The Kier molecular flexibility index (Phi) is 6.70. The van der Waals surface area contributed by atoms with Gasteiger partial charge in [-0.2, -0.15) is 0 Å². The maximum absolute atomic E-state index is 13.3. The Bertz CT molecular complexity index is 1310. The van der Waals surface area contributed by atoms with Crippen LogP contribution in [-0.2, 0) is 26.0 Å². The topological polar surface area (TPSA) is 84.0 Å². The van der Waals surface area contributed by atoms with Gasteiger partial charge in [-0.15, -0.1) is 0 Å². The fourth-order valence-corrected chi connectivity index (χ4v) is 5.59. The van der Waals surface area contributed by atoms with E-state index in [1.54, 1.807) is 24.3 Å². The molecular weight excluding hydrogens is 452 g/mol. The van der Waals surface area contributed by atoms with Crippen molar-refractivity contribution >= 4 is 33.3 Å². The van der Waals surface area contributed by atoms with Gasteiger partial charge in [0.25, 0.3) is 15.9 Å². The molecule has 1 heterocycles. The molecule has 1 atom stereocenters. The lowest BCUT2D eigenvalue weighted by Crippen LogP contribution is -2.40. The third-order valence-corrected chi connectivity index (χ3v) is 7.59. The van der Waals surface area contributed by atoms with E-state index in [4.69, 9.17) is 4.74 Å². The lowest BCUT2D eigenvalue weighted by Gasteiger charge is -2.24. The smallest absolute Gasteiger partial charge is 0.338 e. The normalized spacial score (nSPS) is 13.8. The van der Waals surface area contributed by atoms with E-state index in [1.165, 1.54) is 40.4 Å². The molecule has 0 aromatic heterocycles. The quantitative estimate of drug-likeness (QED) is 0.479. The van der Waals surface area contributed by atoms with Gasteiger partial charge in [0.15, 0.2) is 6.10 Å². The number of hydrogen-bond acceptors (Lipinski definition) is 5. The van der Waals surface area contributed by atoms with E-state index in [2.05, 4.69) is 0 Å². The van der Waals surface area contributed by atoms with Gasteiger partial charge in [-0.25, -0.2) is 13.2 Å². The Morgan fingerprint density at radius 2 is 1.71 bits per heavy atom. The first-order chi connectivity index (χ1) is 16.3. The summed E-state index contributed by atoms with van der Waals surface area (Å²) in [6.07, 6.45) is -0.412. The van der Waals surface area contributed by atoms with Crippen LogP contribution in [0.5, 0.6) is 0 Å². The number of anilines is 2. The molecule has 0 spiro atoms. The Balaban J connectivity index is 1.51. The van der Waals surface area contributed by atoms with Crippen molar-refractivity contribution in [1.82, 2.24) is 0 Å². The SMILES string of the molecule is CCN(C(=O)[C@@H](C)OC(=O)c1cccc(S(=O)(=O)N2CCc3ccccc32)c1)c1ccccc1. The Morgan fingerprint density at radius 3 is 2.44 bits per heavy atom. The second kappa shape index (κ2) is 9.69. The van der Waals surface area contributed by atoms with Gasteiger partial charge in [-0.05, 0) is 62.2 Å². The summed E-state index contributed by atoms with van der Waals surface area (Å²) in [5.74, 6) is -1.12. The molecule has 4 rings (SSSR count). The highest BCUT2D eigenvalue weighted by Gasteiger charge is 2.31. The number of rotatable bonds is 7. The van der Waals surface area contributed by atoms with Crippen LogP contribution in [0.2, 0.25) is 0 Å². The molecule has 0 saturated heterocycles. The number of nitrogens with zero attached hydrogens (tertiary/aromatic N) is 2. The van der Waals surface area contributed by atoms with Crippen molar-refractivity contribution in [3.05, 3.63) is 90.0 Å². The van der Waals surface area contributed by atoms with E-state index >= 15 is 0 Å².